The van der Waals surface area contributed by atoms with E-state index in [1.807, 2.05) is 0 Å². The fraction of sp³-hybridized carbons (Fsp3) is 0.444. The number of carbonyl (C=O) groups excluding carboxylic acids is 1. The number of rotatable bonds is 3. The van der Waals surface area contributed by atoms with Gasteiger partial charge in [-0.1, -0.05) is 12.7 Å². The average molecular weight is 394 g/mol. The molecule has 0 spiro atoms. The maximum atomic E-state index is 12.4. The topological polar surface area (TPSA) is 88.2 Å². The Hall–Kier alpha value is -1.93. The van der Waals surface area contributed by atoms with Gasteiger partial charge in [0.25, 0.3) is 10.0 Å². The van der Waals surface area contributed by atoms with Crippen LogP contribution in [-0.4, -0.2) is 19.4 Å². The Morgan fingerprint density at radius 2 is 2.04 bits per heavy atom. The van der Waals surface area contributed by atoms with Crippen LogP contribution in [0.4, 0.5) is 4.79 Å². The summed E-state index contributed by atoms with van der Waals surface area (Å²) in [7, 11) is -3.93. The van der Waals surface area contributed by atoms with Gasteiger partial charge in [-0.3, -0.25) is 0 Å². The number of thiazole rings is 1. The largest absolute Gasteiger partial charge is 0.333 e. The van der Waals surface area contributed by atoms with Crippen LogP contribution in [0.2, 0.25) is 0 Å². The van der Waals surface area contributed by atoms with E-state index in [1.54, 1.807) is 6.92 Å². The Balaban J connectivity index is 1.82. The molecule has 1 saturated carbocycles. The van der Waals surface area contributed by atoms with Crippen molar-refractivity contribution in [3.05, 3.63) is 46.3 Å². The highest BCUT2D eigenvalue weighted by Gasteiger charge is 2.24. The Morgan fingerprint density at radius 1 is 1.23 bits per heavy atom. The molecule has 140 valence electrons. The zero-order valence-corrected chi connectivity index (χ0v) is 16.4. The molecule has 0 bridgehead atoms. The van der Waals surface area contributed by atoms with Crippen LogP contribution in [0.15, 0.2) is 45.5 Å². The monoisotopic (exact) mass is 393 g/mol. The summed E-state index contributed by atoms with van der Waals surface area (Å²) in [5.41, 5.74) is 3.89. The van der Waals surface area contributed by atoms with Crippen LogP contribution in [0.1, 0.15) is 50.0 Å². The highest BCUT2D eigenvalue weighted by molar-refractivity contribution is 7.92. The number of carbonyl (C=O) groups is 1. The molecule has 8 heteroatoms. The van der Waals surface area contributed by atoms with E-state index in [9.17, 15) is 13.2 Å². The van der Waals surface area contributed by atoms with Crippen molar-refractivity contribution in [3.8, 4) is 0 Å². The maximum Gasteiger partial charge on any atom is 0.333 e. The van der Waals surface area contributed by atoms with Crippen molar-refractivity contribution < 1.29 is 13.2 Å². The number of aryl methyl sites for hydroxylation is 1. The molecule has 2 aliphatic carbocycles. The van der Waals surface area contributed by atoms with Gasteiger partial charge < -0.3 is 5.32 Å². The van der Waals surface area contributed by atoms with Crippen molar-refractivity contribution in [2.24, 2.45) is 0 Å². The third kappa shape index (κ3) is 4.24. The summed E-state index contributed by atoms with van der Waals surface area (Å²) >= 11 is 1.03. The van der Waals surface area contributed by atoms with Crippen molar-refractivity contribution in [1.29, 1.82) is 0 Å². The molecule has 0 unspecified atom stereocenters. The van der Waals surface area contributed by atoms with E-state index in [2.05, 4.69) is 27.7 Å². The fourth-order valence-corrected chi connectivity index (χ4v) is 5.33. The minimum atomic E-state index is -3.93. The van der Waals surface area contributed by atoms with Crippen LogP contribution < -0.4 is 10.0 Å². The van der Waals surface area contributed by atoms with Crippen molar-refractivity contribution in [3.63, 3.8) is 0 Å². The smallest absolute Gasteiger partial charge is 0.307 e. The van der Waals surface area contributed by atoms with Gasteiger partial charge >= 0.3 is 6.03 Å². The van der Waals surface area contributed by atoms with Gasteiger partial charge in [-0.15, -0.1) is 11.3 Å². The molecule has 0 saturated heterocycles. The number of allylic oxidation sites excluding steroid dienone is 4. The van der Waals surface area contributed by atoms with Crippen LogP contribution in [0.5, 0.6) is 0 Å². The molecule has 1 aromatic rings. The first-order valence-corrected chi connectivity index (χ1v) is 11.0. The highest BCUT2D eigenvalue weighted by Crippen LogP contribution is 2.36. The van der Waals surface area contributed by atoms with E-state index in [4.69, 9.17) is 0 Å². The second-order valence-corrected chi connectivity index (χ2v) is 9.69. The molecule has 0 aliphatic heterocycles. The Bertz CT molecular complexity index is 895. The summed E-state index contributed by atoms with van der Waals surface area (Å²) in [5.74, 6) is 0. The lowest BCUT2D eigenvalue weighted by molar-refractivity contribution is 0.248. The van der Waals surface area contributed by atoms with Crippen LogP contribution in [0.25, 0.3) is 0 Å². The average Bonchev–Trinajstić information content (AvgIpc) is 3.20. The summed E-state index contributed by atoms with van der Waals surface area (Å²) in [6, 6.07) is -0.759. The summed E-state index contributed by atoms with van der Waals surface area (Å²) in [5, 5.41) is 3.39. The molecule has 1 aromatic heterocycles. The van der Waals surface area contributed by atoms with Gasteiger partial charge in [0.2, 0.25) is 0 Å². The van der Waals surface area contributed by atoms with Gasteiger partial charge in [0.15, 0.2) is 4.21 Å². The van der Waals surface area contributed by atoms with Gasteiger partial charge in [-0.25, -0.2) is 22.9 Å². The number of aromatic nitrogens is 1. The lowest BCUT2D eigenvalue weighted by Gasteiger charge is -2.16. The van der Waals surface area contributed by atoms with Crippen molar-refractivity contribution >= 4 is 27.4 Å². The zero-order valence-electron chi connectivity index (χ0n) is 14.8. The zero-order chi connectivity index (χ0) is 18.7. The quantitative estimate of drug-likeness (QED) is 0.814. The lowest BCUT2D eigenvalue weighted by Crippen LogP contribution is -2.39. The standard InChI is InChI=1S/C18H23N3O3S2/c1-12-7-4-3-5-8-14-9-6-10-15(14)17(12)20-18(22)21-26(23,24)16-11-19-13(2)25-16/h8,11H,1,3-7,9-10H2,2H3,(H2,20,21,22)/b14-8-,17-15?. The van der Waals surface area contributed by atoms with Gasteiger partial charge in [-0.2, -0.15) is 0 Å². The minimum Gasteiger partial charge on any atom is -0.307 e. The second-order valence-electron chi connectivity index (χ2n) is 6.54. The SMILES string of the molecule is C=C1CCCC/C=C2/CCCC2=C1NC(=O)NS(=O)(=O)c1cnc(C)s1. The number of sulfonamides is 1. The molecule has 26 heavy (non-hydrogen) atoms. The summed E-state index contributed by atoms with van der Waals surface area (Å²) in [4.78, 5) is 16.3. The first-order chi connectivity index (χ1) is 12.4. The Kier molecular flexibility index (Phi) is 5.62. The molecule has 1 fully saturated rings. The molecule has 0 radical (unpaired) electrons. The predicted molar refractivity (Wildman–Crippen MR) is 102 cm³/mol. The van der Waals surface area contributed by atoms with Crippen LogP contribution in [0.3, 0.4) is 0 Å². The number of nitrogens with zero attached hydrogens (tertiary/aromatic N) is 1. The number of amides is 2. The lowest BCUT2D eigenvalue weighted by atomic mass is 10.0. The third-order valence-electron chi connectivity index (χ3n) is 4.57. The molecule has 0 aromatic carbocycles. The number of hydrogen-bond acceptors (Lipinski definition) is 5. The molecule has 0 atom stereocenters. The summed E-state index contributed by atoms with van der Waals surface area (Å²) < 4.78 is 26.8. The summed E-state index contributed by atoms with van der Waals surface area (Å²) in [6.07, 6.45) is 10.3. The number of fused-ring (bicyclic) bond motifs is 1. The maximum absolute atomic E-state index is 12.4. The van der Waals surface area contributed by atoms with Gasteiger partial charge in [0.05, 0.1) is 11.2 Å². The second kappa shape index (κ2) is 7.75. The van der Waals surface area contributed by atoms with Crippen molar-refractivity contribution in [2.75, 3.05) is 0 Å². The first-order valence-electron chi connectivity index (χ1n) is 8.74. The van der Waals surface area contributed by atoms with E-state index in [1.165, 1.54) is 11.8 Å². The predicted octanol–water partition coefficient (Wildman–Crippen LogP) is 3.93. The van der Waals surface area contributed by atoms with Crippen LogP contribution in [0, 0.1) is 6.92 Å². The van der Waals surface area contributed by atoms with Crippen molar-refractivity contribution in [1.82, 2.24) is 15.0 Å². The molecule has 2 amide bonds. The fourth-order valence-electron chi connectivity index (χ4n) is 3.32. The third-order valence-corrected chi connectivity index (χ3v) is 7.27. The van der Waals surface area contributed by atoms with E-state index in [-0.39, 0.29) is 4.21 Å². The molecule has 3 rings (SSSR count). The number of nitrogens with one attached hydrogen (secondary N) is 2. The summed E-state index contributed by atoms with van der Waals surface area (Å²) in [6.45, 7) is 5.84. The first kappa shape index (κ1) is 18.8. The Labute approximate surface area is 158 Å². The molecule has 2 N–H and O–H groups in total. The van der Waals surface area contributed by atoms with Gasteiger partial charge in [-0.05, 0) is 68.6 Å². The van der Waals surface area contributed by atoms with Gasteiger partial charge in [0.1, 0.15) is 0 Å². The highest BCUT2D eigenvalue weighted by atomic mass is 32.2. The van der Waals surface area contributed by atoms with Crippen molar-refractivity contribution in [2.45, 2.75) is 56.1 Å². The van der Waals surface area contributed by atoms with E-state index >= 15 is 0 Å². The van der Waals surface area contributed by atoms with Crippen LogP contribution in [-0.2, 0) is 10.0 Å². The van der Waals surface area contributed by atoms with E-state index in [0.717, 1.165) is 67.4 Å². The van der Waals surface area contributed by atoms with Crippen LogP contribution >= 0.6 is 11.3 Å². The minimum absolute atomic E-state index is 0.0255. The number of urea groups is 1. The van der Waals surface area contributed by atoms with E-state index in [0.29, 0.717) is 10.7 Å². The van der Waals surface area contributed by atoms with E-state index < -0.39 is 16.1 Å². The number of hydrogen-bond donors (Lipinski definition) is 2. The molecule has 2 aliphatic rings. The molecular formula is C18H23N3O3S2. The molecule has 1 heterocycles. The molecular weight excluding hydrogens is 370 g/mol. The molecule has 6 nitrogen and oxygen atoms in total. The van der Waals surface area contributed by atoms with Gasteiger partial charge in [0, 0.05) is 5.70 Å². The Morgan fingerprint density at radius 3 is 2.77 bits per heavy atom. The normalized spacial score (nSPS) is 20.5.